The summed E-state index contributed by atoms with van der Waals surface area (Å²) in [5.74, 6) is -0.411. The van der Waals surface area contributed by atoms with E-state index in [2.05, 4.69) is 93.7 Å². The standard InChI is InChI=1S/C63H112O5/c1-4-7-10-13-16-19-22-25-28-30-32-33-36-38-41-44-47-50-53-56-62(64)67-60-61(68-63(65)57-54-51-48-45-42-39-35-27-24-21-18-15-12-9-6-3)59-66-58-55-52-49-46-43-40-37-34-31-29-26-23-20-17-14-11-8-5-2/h8,11,17,20,25-29,34-35,37,61H,4-7,9-10,12-16,18-19,21-24,30-33,36,38-60H2,1-3H3/b11-8-,20-17-,28-25-,29-26-,35-27-,37-34-. The second-order valence-electron chi connectivity index (χ2n) is 19.5. The molecule has 0 aliphatic heterocycles. The highest BCUT2D eigenvalue weighted by molar-refractivity contribution is 5.70. The van der Waals surface area contributed by atoms with Gasteiger partial charge in [0, 0.05) is 19.4 Å². The molecule has 0 fully saturated rings. The van der Waals surface area contributed by atoms with Crippen LogP contribution in [0.1, 0.15) is 290 Å². The fourth-order valence-electron chi connectivity index (χ4n) is 8.32. The number of hydrogen-bond donors (Lipinski definition) is 0. The Bertz CT molecular complexity index is 1210. The summed E-state index contributed by atoms with van der Waals surface area (Å²) in [6.45, 7) is 7.69. The minimum absolute atomic E-state index is 0.0726. The van der Waals surface area contributed by atoms with Gasteiger partial charge in [-0.3, -0.25) is 9.59 Å². The molecule has 0 saturated carbocycles. The van der Waals surface area contributed by atoms with E-state index in [0.29, 0.717) is 19.4 Å². The maximum Gasteiger partial charge on any atom is 0.306 e. The molecule has 0 heterocycles. The van der Waals surface area contributed by atoms with E-state index in [1.807, 2.05) is 0 Å². The van der Waals surface area contributed by atoms with Crippen molar-refractivity contribution in [2.24, 2.45) is 0 Å². The lowest BCUT2D eigenvalue weighted by Crippen LogP contribution is -2.30. The zero-order valence-electron chi connectivity index (χ0n) is 45.4. The van der Waals surface area contributed by atoms with Crippen molar-refractivity contribution < 1.29 is 23.8 Å². The molecular formula is C63H112O5. The molecule has 0 spiro atoms. The molecule has 0 rings (SSSR count). The van der Waals surface area contributed by atoms with Gasteiger partial charge >= 0.3 is 11.9 Å². The predicted molar refractivity (Wildman–Crippen MR) is 297 cm³/mol. The molecule has 5 heteroatoms. The first-order valence-corrected chi connectivity index (χ1v) is 29.5. The first-order chi connectivity index (χ1) is 33.6. The summed E-state index contributed by atoms with van der Waals surface area (Å²) in [7, 11) is 0. The summed E-state index contributed by atoms with van der Waals surface area (Å²) in [5, 5.41) is 0. The highest BCUT2D eigenvalue weighted by Gasteiger charge is 2.17. The monoisotopic (exact) mass is 949 g/mol. The second-order valence-corrected chi connectivity index (χ2v) is 19.5. The Morgan fingerprint density at radius 3 is 1.07 bits per heavy atom. The molecule has 1 atom stereocenters. The maximum absolute atomic E-state index is 12.9. The van der Waals surface area contributed by atoms with E-state index in [9.17, 15) is 9.59 Å². The second kappa shape index (κ2) is 58.7. The smallest absolute Gasteiger partial charge is 0.306 e. The van der Waals surface area contributed by atoms with Crippen LogP contribution >= 0.6 is 0 Å². The van der Waals surface area contributed by atoms with Crippen LogP contribution in [-0.2, 0) is 23.8 Å². The summed E-state index contributed by atoms with van der Waals surface area (Å²) in [6.07, 6.45) is 76.4. The molecule has 0 N–H and O–H groups in total. The van der Waals surface area contributed by atoms with Gasteiger partial charge in [-0.2, -0.15) is 0 Å². The van der Waals surface area contributed by atoms with Crippen LogP contribution in [0.4, 0.5) is 0 Å². The molecule has 0 aliphatic carbocycles. The molecule has 0 bridgehead atoms. The Morgan fingerprint density at radius 2 is 0.662 bits per heavy atom. The quantitative estimate of drug-likeness (QED) is 0.0345. The van der Waals surface area contributed by atoms with Gasteiger partial charge in [-0.05, 0) is 109 Å². The molecule has 0 saturated heterocycles. The van der Waals surface area contributed by atoms with Crippen molar-refractivity contribution in [2.75, 3.05) is 19.8 Å². The van der Waals surface area contributed by atoms with Gasteiger partial charge in [0.05, 0.1) is 6.61 Å². The van der Waals surface area contributed by atoms with Gasteiger partial charge in [0.2, 0.25) is 0 Å². The van der Waals surface area contributed by atoms with Gasteiger partial charge in [0.25, 0.3) is 0 Å². The van der Waals surface area contributed by atoms with Crippen LogP contribution in [0.25, 0.3) is 0 Å². The Balaban J connectivity index is 4.30. The third kappa shape index (κ3) is 55.9. The lowest BCUT2D eigenvalue weighted by molar-refractivity contribution is -0.163. The van der Waals surface area contributed by atoms with Crippen LogP contribution in [-0.4, -0.2) is 37.9 Å². The minimum Gasteiger partial charge on any atom is -0.462 e. The molecule has 1 unspecified atom stereocenters. The molecule has 394 valence electrons. The van der Waals surface area contributed by atoms with Crippen LogP contribution < -0.4 is 0 Å². The van der Waals surface area contributed by atoms with Crippen LogP contribution in [0.3, 0.4) is 0 Å². The Labute approximate surface area is 423 Å². The number of esters is 2. The molecule has 0 amide bonds. The molecule has 0 aliphatic rings. The lowest BCUT2D eigenvalue weighted by atomic mass is 10.1. The normalized spacial score (nSPS) is 12.7. The summed E-state index contributed by atoms with van der Waals surface area (Å²) >= 11 is 0. The van der Waals surface area contributed by atoms with E-state index in [-0.39, 0.29) is 25.2 Å². The highest BCUT2D eigenvalue weighted by atomic mass is 16.6. The molecule has 5 nitrogen and oxygen atoms in total. The van der Waals surface area contributed by atoms with E-state index in [0.717, 1.165) is 83.5 Å². The van der Waals surface area contributed by atoms with Crippen LogP contribution in [0.2, 0.25) is 0 Å². The van der Waals surface area contributed by atoms with Crippen molar-refractivity contribution >= 4 is 11.9 Å². The van der Waals surface area contributed by atoms with Crippen molar-refractivity contribution in [1.82, 2.24) is 0 Å². The number of rotatable bonds is 54. The Hall–Kier alpha value is -2.66. The van der Waals surface area contributed by atoms with Crippen LogP contribution in [0, 0.1) is 0 Å². The van der Waals surface area contributed by atoms with Gasteiger partial charge < -0.3 is 14.2 Å². The van der Waals surface area contributed by atoms with Crippen molar-refractivity contribution in [1.29, 1.82) is 0 Å². The molecule has 0 aromatic heterocycles. The number of allylic oxidation sites excluding steroid dienone is 12. The number of ether oxygens (including phenoxy) is 3. The van der Waals surface area contributed by atoms with Crippen molar-refractivity contribution in [3.8, 4) is 0 Å². The molecule has 0 aromatic rings. The fourth-order valence-corrected chi connectivity index (χ4v) is 8.32. The van der Waals surface area contributed by atoms with Crippen molar-refractivity contribution in [3.05, 3.63) is 72.9 Å². The first-order valence-electron chi connectivity index (χ1n) is 29.5. The van der Waals surface area contributed by atoms with Gasteiger partial charge in [0.1, 0.15) is 6.61 Å². The zero-order valence-corrected chi connectivity index (χ0v) is 45.4. The number of unbranched alkanes of at least 4 members (excludes halogenated alkanes) is 31. The summed E-state index contributed by atoms with van der Waals surface area (Å²) in [6, 6.07) is 0. The highest BCUT2D eigenvalue weighted by Crippen LogP contribution is 2.15. The Kier molecular flexibility index (Phi) is 56.4. The molecule has 68 heavy (non-hydrogen) atoms. The van der Waals surface area contributed by atoms with E-state index < -0.39 is 6.10 Å². The summed E-state index contributed by atoms with van der Waals surface area (Å²) in [4.78, 5) is 25.5. The van der Waals surface area contributed by atoms with Crippen molar-refractivity contribution in [2.45, 2.75) is 297 Å². The van der Waals surface area contributed by atoms with E-state index in [1.54, 1.807) is 0 Å². The SMILES string of the molecule is CC/C=C\C/C=C\C/C=C\C/C=C\CCCCCCCOCC(COC(=O)CCCCCCCCCCC/C=C\CCCCCCCC)OC(=O)CCCCCCC/C=C\CCCCCCCC. The number of hydrogen-bond acceptors (Lipinski definition) is 5. The minimum atomic E-state index is -0.554. The van der Waals surface area contributed by atoms with Gasteiger partial charge in [-0.25, -0.2) is 0 Å². The van der Waals surface area contributed by atoms with E-state index in [1.165, 1.54) is 173 Å². The number of carbonyl (C=O) groups is 2. The third-order valence-electron chi connectivity index (χ3n) is 12.7. The largest absolute Gasteiger partial charge is 0.462 e. The van der Waals surface area contributed by atoms with Crippen molar-refractivity contribution in [3.63, 3.8) is 0 Å². The van der Waals surface area contributed by atoms with Crippen LogP contribution in [0.5, 0.6) is 0 Å². The maximum atomic E-state index is 12.9. The predicted octanol–water partition coefficient (Wildman–Crippen LogP) is 20.2. The zero-order chi connectivity index (χ0) is 49.2. The topological polar surface area (TPSA) is 61.8 Å². The average Bonchev–Trinajstić information content (AvgIpc) is 3.34. The van der Waals surface area contributed by atoms with Gasteiger partial charge in [-0.15, -0.1) is 0 Å². The van der Waals surface area contributed by atoms with Crippen LogP contribution in [0.15, 0.2) is 72.9 Å². The van der Waals surface area contributed by atoms with E-state index >= 15 is 0 Å². The first kappa shape index (κ1) is 65.3. The Morgan fingerprint density at radius 1 is 0.338 bits per heavy atom. The summed E-state index contributed by atoms with van der Waals surface area (Å²) in [5.41, 5.74) is 0. The summed E-state index contributed by atoms with van der Waals surface area (Å²) < 4.78 is 17.5. The van der Waals surface area contributed by atoms with E-state index in [4.69, 9.17) is 14.2 Å². The lowest BCUT2D eigenvalue weighted by Gasteiger charge is -2.18. The average molecular weight is 950 g/mol. The van der Waals surface area contributed by atoms with Gasteiger partial charge in [-0.1, -0.05) is 241 Å². The fraction of sp³-hybridized carbons (Fsp3) is 0.778. The van der Waals surface area contributed by atoms with Gasteiger partial charge in [0.15, 0.2) is 6.10 Å². The molecule has 0 aromatic carbocycles. The number of carbonyl (C=O) groups excluding carboxylic acids is 2. The third-order valence-corrected chi connectivity index (χ3v) is 12.7. The molecule has 0 radical (unpaired) electrons. The molecular weight excluding hydrogens is 837 g/mol.